The summed E-state index contributed by atoms with van der Waals surface area (Å²) in [6.07, 6.45) is 4.15. The molecular weight excluding hydrogens is 350 g/mol. The van der Waals surface area contributed by atoms with Crippen LogP contribution in [0.3, 0.4) is 0 Å². The van der Waals surface area contributed by atoms with Gasteiger partial charge in [0.1, 0.15) is 0 Å². The van der Waals surface area contributed by atoms with Crippen LogP contribution in [0.2, 0.25) is 5.02 Å². The van der Waals surface area contributed by atoms with Gasteiger partial charge in [-0.25, -0.2) is 0 Å². The summed E-state index contributed by atoms with van der Waals surface area (Å²) in [4.78, 5) is 20.1. The van der Waals surface area contributed by atoms with E-state index in [0.717, 1.165) is 62.1 Å². The molecule has 1 aliphatic rings. The summed E-state index contributed by atoms with van der Waals surface area (Å²) in [5.41, 5.74) is 7.66. The van der Waals surface area contributed by atoms with E-state index in [-0.39, 0.29) is 0 Å². The minimum Gasteiger partial charge on any atom is -0.384 e. The number of pyridine rings is 1. The molecular formula is C19H24ClN5O. The molecule has 138 valence electrons. The van der Waals surface area contributed by atoms with E-state index in [1.165, 1.54) is 6.20 Å². The molecule has 1 saturated heterocycles. The smallest absolute Gasteiger partial charge is 0.252 e. The Balaban J connectivity index is 1.41. The maximum atomic E-state index is 11.4. The number of nitrogens with zero attached hydrogens (tertiary/aromatic N) is 3. The lowest BCUT2D eigenvalue weighted by atomic mass is 10.2. The second-order valence-electron chi connectivity index (χ2n) is 6.35. The zero-order valence-electron chi connectivity index (χ0n) is 14.7. The largest absolute Gasteiger partial charge is 0.384 e. The molecule has 3 rings (SSSR count). The van der Waals surface area contributed by atoms with Gasteiger partial charge >= 0.3 is 0 Å². The molecule has 0 spiro atoms. The summed E-state index contributed by atoms with van der Waals surface area (Å²) < 4.78 is 0. The Morgan fingerprint density at radius 3 is 2.69 bits per heavy atom. The lowest BCUT2D eigenvalue weighted by Crippen LogP contribution is -2.46. The number of primary amides is 1. The lowest BCUT2D eigenvalue weighted by Gasteiger charge is -2.36. The molecule has 2 heterocycles. The molecule has 0 atom stereocenters. The zero-order valence-corrected chi connectivity index (χ0v) is 15.5. The summed E-state index contributed by atoms with van der Waals surface area (Å²) in [6.45, 7) is 5.80. The number of aromatic nitrogens is 1. The van der Waals surface area contributed by atoms with Crippen molar-refractivity contribution < 1.29 is 4.79 Å². The van der Waals surface area contributed by atoms with Crippen molar-refractivity contribution in [1.29, 1.82) is 0 Å². The van der Waals surface area contributed by atoms with Crippen LogP contribution < -0.4 is 16.0 Å². The van der Waals surface area contributed by atoms with Crippen LogP contribution in [-0.4, -0.2) is 55.1 Å². The summed E-state index contributed by atoms with van der Waals surface area (Å²) >= 11 is 6.29. The second-order valence-corrected chi connectivity index (χ2v) is 6.75. The van der Waals surface area contributed by atoms with Gasteiger partial charge in [0.05, 0.1) is 22.0 Å². The molecule has 2 aromatic rings. The first-order chi connectivity index (χ1) is 12.6. The third kappa shape index (κ3) is 4.65. The van der Waals surface area contributed by atoms with Gasteiger partial charge in [0.25, 0.3) is 5.91 Å². The highest BCUT2D eigenvalue weighted by atomic mass is 35.5. The van der Waals surface area contributed by atoms with Crippen LogP contribution in [0.4, 0.5) is 11.4 Å². The molecule has 1 aromatic heterocycles. The Morgan fingerprint density at radius 2 is 1.96 bits per heavy atom. The lowest BCUT2D eigenvalue weighted by molar-refractivity contribution is 0.100. The molecule has 3 N–H and O–H groups in total. The highest BCUT2D eigenvalue weighted by molar-refractivity contribution is 6.33. The molecule has 1 aromatic carbocycles. The van der Waals surface area contributed by atoms with E-state index in [9.17, 15) is 4.79 Å². The van der Waals surface area contributed by atoms with Crippen molar-refractivity contribution in [2.45, 2.75) is 6.42 Å². The topological polar surface area (TPSA) is 74.5 Å². The van der Waals surface area contributed by atoms with Gasteiger partial charge in [0.15, 0.2) is 0 Å². The SMILES string of the molecule is NC(=O)c1cnccc1NCCCN1CCN(c2ccccc2Cl)CC1. The summed E-state index contributed by atoms with van der Waals surface area (Å²) in [6, 6.07) is 9.78. The number of carbonyl (C=O) groups excluding carboxylic acids is 1. The third-order valence-corrected chi connectivity index (χ3v) is 4.94. The predicted molar refractivity (Wildman–Crippen MR) is 106 cm³/mol. The van der Waals surface area contributed by atoms with Gasteiger partial charge in [-0.2, -0.15) is 0 Å². The number of hydrogen-bond donors (Lipinski definition) is 2. The van der Waals surface area contributed by atoms with Crippen molar-refractivity contribution in [3.63, 3.8) is 0 Å². The predicted octanol–water partition coefficient (Wildman–Crippen LogP) is 2.46. The van der Waals surface area contributed by atoms with Gasteiger partial charge in [-0.1, -0.05) is 23.7 Å². The zero-order chi connectivity index (χ0) is 18.4. The number of nitrogens with one attached hydrogen (secondary N) is 1. The summed E-state index contributed by atoms with van der Waals surface area (Å²) in [5, 5.41) is 4.09. The minimum absolute atomic E-state index is 0.431. The van der Waals surface area contributed by atoms with E-state index >= 15 is 0 Å². The third-order valence-electron chi connectivity index (χ3n) is 4.62. The molecule has 0 aliphatic carbocycles. The molecule has 1 fully saturated rings. The van der Waals surface area contributed by atoms with E-state index < -0.39 is 5.91 Å². The average molecular weight is 374 g/mol. The molecule has 7 heteroatoms. The normalized spacial score (nSPS) is 15.0. The van der Waals surface area contributed by atoms with Gasteiger partial charge in [-0.15, -0.1) is 0 Å². The monoisotopic (exact) mass is 373 g/mol. The number of nitrogens with two attached hydrogens (primary N) is 1. The maximum Gasteiger partial charge on any atom is 0.252 e. The number of anilines is 2. The number of rotatable bonds is 7. The van der Waals surface area contributed by atoms with Gasteiger partial charge in [0.2, 0.25) is 0 Å². The van der Waals surface area contributed by atoms with Crippen LogP contribution in [-0.2, 0) is 0 Å². The fourth-order valence-electron chi connectivity index (χ4n) is 3.19. The first kappa shape index (κ1) is 18.5. The summed E-state index contributed by atoms with van der Waals surface area (Å²) in [7, 11) is 0. The number of halogens is 1. The van der Waals surface area contributed by atoms with Crippen LogP contribution in [0.1, 0.15) is 16.8 Å². The molecule has 1 aliphatic heterocycles. The fourth-order valence-corrected chi connectivity index (χ4v) is 3.45. The maximum absolute atomic E-state index is 11.4. The number of benzene rings is 1. The van der Waals surface area contributed by atoms with E-state index in [2.05, 4.69) is 26.2 Å². The Hall–Kier alpha value is -2.31. The van der Waals surface area contributed by atoms with Gasteiger partial charge in [-0.3, -0.25) is 14.7 Å². The van der Waals surface area contributed by atoms with Crippen LogP contribution in [0.25, 0.3) is 0 Å². The number of piperazine rings is 1. The highest BCUT2D eigenvalue weighted by Gasteiger charge is 2.18. The van der Waals surface area contributed by atoms with E-state index in [1.54, 1.807) is 12.3 Å². The van der Waals surface area contributed by atoms with Crippen LogP contribution in [0.15, 0.2) is 42.7 Å². The molecule has 26 heavy (non-hydrogen) atoms. The van der Waals surface area contributed by atoms with Crippen molar-refractivity contribution >= 4 is 28.9 Å². The first-order valence-corrected chi connectivity index (χ1v) is 9.22. The standard InChI is InChI=1S/C19H24ClN5O/c20-16-4-1-2-5-18(16)25-12-10-24(11-13-25)9-3-7-23-17-6-8-22-14-15(17)19(21)26/h1-2,4-6,8,14H,3,7,9-13H2,(H2,21,26)(H,22,23). The molecule has 0 bridgehead atoms. The van der Waals surface area contributed by atoms with E-state index in [4.69, 9.17) is 17.3 Å². The molecule has 0 unspecified atom stereocenters. The average Bonchev–Trinajstić information content (AvgIpc) is 2.66. The van der Waals surface area contributed by atoms with Crippen molar-refractivity contribution in [1.82, 2.24) is 9.88 Å². The Labute approximate surface area is 158 Å². The van der Waals surface area contributed by atoms with Gasteiger partial charge in [0, 0.05) is 45.1 Å². The van der Waals surface area contributed by atoms with E-state index in [0.29, 0.717) is 5.56 Å². The first-order valence-electron chi connectivity index (χ1n) is 8.84. The fraction of sp³-hybridized carbons (Fsp3) is 0.368. The van der Waals surface area contributed by atoms with Crippen molar-refractivity contribution in [3.05, 3.63) is 53.3 Å². The quantitative estimate of drug-likeness (QED) is 0.729. The molecule has 1 amide bonds. The van der Waals surface area contributed by atoms with Crippen LogP contribution in [0.5, 0.6) is 0 Å². The second kappa shape index (κ2) is 8.87. The van der Waals surface area contributed by atoms with Crippen molar-refractivity contribution in [2.24, 2.45) is 5.73 Å². The van der Waals surface area contributed by atoms with E-state index in [1.807, 2.05) is 18.2 Å². The molecule has 0 radical (unpaired) electrons. The number of amides is 1. The minimum atomic E-state index is -0.462. The van der Waals surface area contributed by atoms with Gasteiger partial charge in [-0.05, 0) is 31.2 Å². The Bertz CT molecular complexity index is 746. The van der Waals surface area contributed by atoms with Gasteiger partial charge < -0.3 is 16.0 Å². The summed E-state index contributed by atoms with van der Waals surface area (Å²) in [5.74, 6) is -0.462. The number of carbonyl (C=O) groups is 1. The Kier molecular flexibility index (Phi) is 6.30. The van der Waals surface area contributed by atoms with Crippen LogP contribution in [0, 0.1) is 0 Å². The number of hydrogen-bond acceptors (Lipinski definition) is 5. The Morgan fingerprint density at radius 1 is 1.19 bits per heavy atom. The molecule has 0 saturated carbocycles. The van der Waals surface area contributed by atoms with Crippen molar-refractivity contribution in [2.75, 3.05) is 49.5 Å². The van der Waals surface area contributed by atoms with Crippen molar-refractivity contribution in [3.8, 4) is 0 Å². The highest BCUT2D eigenvalue weighted by Crippen LogP contribution is 2.26. The number of para-hydroxylation sites is 1. The van der Waals surface area contributed by atoms with Crippen LogP contribution >= 0.6 is 11.6 Å². The molecule has 6 nitrogen and oxygen atoms in total.